The van der Waals surface area contributed by atoms with Gasteiger partial charge in [-0.3, -0.25) is 4.90 Å². The van der Waals surface area contributed by atoms with Crippen molar-refractivity contribution in [1.29, 1.82) is 0 Å². The normalized spacial score (nSPS) is 17.6. The van der Waals surface area contributed by atoms with Gasteiger partial charge in [-0.15, -0.1) is 0 Å². The summed E-state index contributed by atoms with van der Waals surface area (Å²) in [5.41, 5.74) is 3.80. The molecule has 0 bridgehead atoms. The molecule has 0 N–H and O–H groups in total. The smallest absolute Gasteiger partial charge is 0.225 e. The molecule has 0 unspecified atom stereocenters. The molecular weight excluding hydrogens is 312 g/mol. The van der Waals surface area contributed by atoms with Crippen LogP contribution in [0.1, 0.15) is 36.6 Å². The zero-order valence-corrected chi connectivity index (χ0v) is 14.9. The van der Waals surface area contributed by atoms with E-state index in [1.54, 1.807) is 0 Å². The maximum atomic E-state index is 5.61. The average molecular weight is 338 g/mol. The Bertz CT molecular complexity index is 727. The number of rotatable bonds is 5. The van der Waals surface area contributed by atoms with Crippen LogP contribution in [0.15, 0.2) is 30.5 Å². The predicted molar refractivity (Wildman–Crippen MR) is 98.9 cm³/mol. The van der Waals surface area contributed by atoms with E-state index in [-0.39, 0.29) is 0 Å². The van der Waals surface area contributed by atoms with Crippen molar-refractivity contribution in [1.82, 2.24) is 14.9 Å². The second kappa shape index (κ2) is 7.40. The van der Waals surface area contributed by atoms with Crippen LogP contribution >= 0.6 is 0 Å². The first-order valence-electron chi connectivity index (χ1n) is 9.35. The van der Waals surface area contributed by atoms with Crippen LogP contribution in [0.3, 0.4) is 0 Å². The molecule has 0 radical (unpaired) electrons. The summed E-state index contributed by atoms with van der Waals surface area (Å²) < 4.78 is 5.61. The Kier molecular flexibility index (Phi) is 4.83. The van der Waals surface area contributed by atoms with Crippen molar-refractivity contribution in [2.24, 2.45) is 0 Å². The molecule has 1 saturated heterocycles. The van der Waals surface area contributed by atoms with Gasteiger partial charge < -0.3 is 9.64 Å². The van der Waals surface area contributed by atoms with Gasteiger partial charge in [0.15, 0.2) is 0 Å². The molecule has 2 aromatic rings. The topological polar surface area (TPSA) is 41.5 Å². The van der Waals surface area contributed by atoms with Gasteiger partial charge in [-0.25, -0.2) is 9.97 Å². The van der Waals surface area contributed by atoms with E-state index >= 15 is 0 Å². The monoisotopic (exact) mass is 338 g/mol. The lowest BCUT2D eigenvalue weighted by Gasteiger charge is -2.28. The quantitative estimate of drug-likeness (QED) is 0.838. The number of fused-ring (bicyclic) bond motifs is 1. The van der Waals surface area contributed by atoms with Crippen LogP contribution < -0.4 is 9.64 Å². The third kappa shape index (κ3) is 3.76. The Morgan fingerprint density at radius 1 is 1.16 bits per heavy atom. The number of aromatic nitrogens is 2. The molecule has 5 nitrogen and oxygen atoms in total. The summed E-state index contributed by atoms with van der Waals surface area (Å²) in [7, 11) is 0. The number of anilines is 1. The Labute approximate surface area is 149 Å². The molecule has 0 saturated carbocycles. The van der Waals surface area contributed by atoms with Gasteiger partial charge >= 0.3 is 0 Å². The van der Waals surface area contributed by atoms with Gasteiger partial charge in [-0.1, -0.05) is 12.1 Å². The SMILES string of the molecule is CCOc1cccc(CN2CCc3nc(N4CCCC4)ncc3C2)c1. The van der Waals surface area contributed by atoms with E-state index in [4.69, 9.17) is 9.72 Å². The van der Waals surface area contributed by atoms with Gasteiger partial charge in [0.1, 0.15) is 5.75 Å². The van der Waals surface area contributed by atoms with Crippen LogP contribution in [-0.4, -0.2) is 41.1 Å². The molecule has 3 heterocycles. The minimum Gasteiger partial charge on any atom is -0.494 e. The van der Waals surface area contributed by atoms with Gasteiger partial charge in [-0.05, 0) is 37.5 Å². The molecule has 1 aromatic heterocycles. The van der Waals surface area contributed by atoms with Crippen molar-refractivity contribution in [2.45, 2.75) is 39.3 Å². The molecule has 1 aromatic carbocycles. The average Bonchev–Trinajstić information content (AvgIpc) is 3.17. The Morgan fingerprint density at radius 2 is 2.04 bits per heavy atom. The lowest BCUT2D eigenvalue weighted by molar-refractivity contribution is 0.242. The first kappa shape index (κ1) is 16.3. The molecule has 2 aliphatic heterocycles. The van der Waals surface area contributed by atoms with Crippen molar-refractivity contribution in [3.8, 4) is 5.75 Å². The predicted octanol–water partition coefficient (Wildman–Crippen LogP) is 3.03. The first-order valence-corrected chi connectivity index (χ1v) is 9.35. The number of nitrogens with zero attached hydrogens (tertiary/aromatic N) is 4. The van der Waals surface area contributed by atoms with Crippen LogP contribution in [0.5, 0.6) is 5.75 Å². The summed E-state index contributed by atoms with van der Waals surface area (Å²) in [4.78, 5) is 14.2. The molecular formula is C20H26N4O. The molecule has 132 valence electrons. The Balaban J connectivity index is 1.43. The molecule has 25 heavy (non-hydrogen) atoms. The molecule has 0 spiro atoms. The van der Waals surface area contributed by atoms with Gasteiger partial charge in [-0.2, -0.15) is 0 Å². The fraction of sp³-hybridized carbons (Fsp3) is 0.500. The highest BCUT2D eigenvalue weighted by Crippen LogP contribution is 2.23. The summed E-state index contributed by atoms with van der Waals surface area (Å²) in [6.45, 7) is 7.83. The lowest BCUT2D eigenvalue weighted by atomic mass is 10.1. The maximum Gasteiger partial charge on any atom is 0.225 e. The van der Waals surface area contributed by atoms with Crippen molar-refractivity contribution in [2.75, 3.05) is 31.1 Å². The van der Waals surface area contributed by atoms with E-state index < -0.39 is 0 Å². The van der Waals surface area contributed by atoms with Crippen LogP contribution in [0.2, 0.25) is 0 Å². The summed E-state index contributed by atoms with van der Waals surface area (Å²) in [6.07, 6.45) is 5.56. The fourth-order valence-electron chi connectivity index (χ4n) is 3.73. The number of benzene rings is 1. The summed E-state index contributed by atoms with van der Waals surface area (Å²) >= 11 is 0. The third-order valence-corrected chi connectivity index (χ3v) is 5.00. The van der Waals surface area contributed by atoms with Gasteiger partial charge in [0.2, 0.25) is 5.95 Å². The number of hydrogen-bond donors (Lipinski definition) is 0. The minimum atomic E-state index is 0.706. The van der Waals surface area contributed by atoms with Gasteiger partial charge in [0.25, 0.3) is 0 Å². The maximum absolute atomic E-state index is 5.61. The molecule has 0 aliphatic carbocycles. The first-order chi connectivity index (χ1) is 12.3. The summed E-state index contributed by atoms with van der Waals surface area (Å²) in [5.74, 6) is 1.88. The van der Waals surface area contributed by atoms with Crippen molar-refractivity contribution < 1.29 is 4.74 Å². The second-order valence-electron chi connectivity index (χ2n) is 6.88. The Morgan fingerprint density at radius 3 is 2.88 bits per heavy atom. The van der Waals surface area contributed by atoms with Crippen LogP contribution in [-0.2, 0) is 19.5 Å². The van der Waals surface area contributed by atoms with E-state index in [9.17, 15) is 0 Å². The summed E-state index contributed by atoms with van der Waals surface area (Å²) in [6, 6.07) is 8.41. The molecule has 4 rings (SSSR count). The van der Waals surface area contributed by atoms with Gasteiger partial charge in [0.05, 0.1) is 12.3 Å². The third-order valence-electron chi connectivity index (χ3n) is 5.00. The molecule has 1 fully saturated rings. The highest BCUT2D eigenvalue weighted by molar-refractivity contribution is 5.35. The standard InChI is InChI=1S/C20H26N4O/c1-2-25-18-7-5-6-16(12-18)14-23-11-8-19-17(15-23)13-21-20(22-19)24-9-3-4-10-24/h5-7,12-13H,2-4,8-11,14-15H2,1H3. The van der Waals surface area contributed by atoms with E-state index in [2.05, 4.69) is 33.0 Å². The number of ether oxygens (including phenoxy) is 1. The van der Waals surface area contributed by atoms with Crippen LogP contribution in [0.25, 0.3) is 0 Å². The molecule has 0 amide bonds. The minimum absolute atomic E-state index is 0.706. The summed E-state index contributed by atoms with van der Waals surface area (Å²) in [5, 5.41) is 0. The lowest BCUT2D eigenvalue weighted by Crippen LogP contribution is -2.31. The second-order valence-corrected chi connectivity index (χ2v) is 6.88. The molecule has 0 atom stereocenters. The largest absolute Gasteiger partial charge is 0.494 e. The van der Waals surface area contributed by atoms with E-state index in [0.717, 1.165) is 50.8 Å². The van der Waals surface area contributed by atoms with Crippen LogP contribution in [0, 0.1) is 0 Å². The fourth-order valence-corrected chi connectivity index (χ4v) is 3.73. The zero-order chi connectivity index (χ0) is 17.1. The van der Waals surface area contributed by atoms with Gasteiger partial charge in [0, 0.05) is 50.9 Å². The molecule has 5 heteroatoms. The van der Waals surface area contributed by atoms with Crippen molar-refractivity contribution >= 4 is 5.95 Å². The van der Waals surface area contributed by atoms with E-state index in [0.29, 0.717) is 6.61 Å². The highest BCUT2D eigenvalue weighted by atomic mass is 16.5. The number of hydrogen-bond acceptors (Lipinski definition) is 5. The van der Waals surface area contributed by atoms with Crippen LogP contribution in [0.4, 0.5) is 5.95 Å². The molecule has 2 aliphatic rings. The van der Waals surface area contributed by atoms with Crippen molar-refractivity contribution in [3.63, 3.8) is 0 Å². The van der Waals surface area contributed by atoms with E-state index in [1.807, 2.05) is 19.2 Å². The van der Waals surface area contributed by atoms with E-state index in [1.165, 1.54) is 29.7 Å². The highest BCUT2D eigenvalue weighted by Gasteiger charge is 2.21. The van der Waals surface area contributed by atoms with Crippen molar-refractivity contribution in [3.05, 3.63) is 47.3 Å². The Hall–Kier alpha value is -2.14. The zero-order valence-electron chi connectivity index (χ0n) is 14.9.